The van der Waals surface area contributed by atoms with Gasteiger partial charge in [0.05, 0.1) is 44.6 Å². The number of carbonyl (C=O) groups excluding carboxylic acids is 1. The quantitative estimate of drug-likeness (QED) is 0.191. The van der Waals surface area contributed by atoms with Crippen molar-refractivity contribution in [3.8, 4) is 41.2 Å². The van der Waals surface area contributed by atoms with Crippen LogP contribution in [0.3, 0.4) is 0 Å². The third-order valence-corrected chi connectivity index (χ3v) is 13.0. The Balaban J connectivity index is 1.16. The van der Waals surface area contributed by atoms with Crippen LogP contribution in [0.4, 0.5) is 19.4 Å². The molecule has 1 spiro atoms. The second kappa shape index (κ2) is 14.4. The number of hydrogen-bond acceptors (Lipinski definition) is 11. The number of aromatic nitrogens is 3. The predicted octanol–water partition coefficient (Wildman–Crippen LogP) is 6.87. The van der Waals surface area contributed by atoms with Gasteiger partial charge in [0.2, 0.25) is 5.88 Å². The number of aromatic hydroxyl groups is 1. The molecule has 5 atom stereocenters. The number of fused-ring (bicyclic) bond motifs is 3. The molecule has 2 N–H and O–H groups in total. The number of likely N-dealkylation sites (tertiary alicyclic amines) is 1. The molecule has 1 amide bonds. The van der Waals surface area contributed by atoms with Crippen LogP contribution >= 0.6 is 0 Å². The monoisotopic (exact) mass is 782 g/mol. The van der Waals surface area contributed by atoms with Crippen molar-refractivity contribution in [2.75, 3.05) is 44.8 Å². The zero-order valence-corrected chi connectivity index (χ0v) is 32.6. The molecule has 5 aliphatic rings. The first-order chi connectivity index (χ1) is 27.5. The van der Waals surface area contributed by atoms with E-state index in [4.69, 9.17) is 35.3 Å². The number of ether oxygens (including phenoxy) is 4. The topological polar surface area (TPSA) is 131 Å². The summed E-state index contributed by atoms with van der Waals surface area (Å²) < 4.78 is 57.0. The molecule has 6 heterocycles. The van der Waals surface area contributed by atoms with Crippen LogP contribution in [0.1, 0.15) is 77.2 Å². The lowest BCUT2D eigenvalue weighted by atomic mass is 9.74. The number of methoxy groups -OCH3 is 1. The van der Waals surface area contributed by atoms with Crippen molar-refractivity contribution < 1.29 is 37.6 Å². The van der Waals surface area contributed by atoms with Gasteiger partial charge in [0.15, 0.2) is 5.82 Å². The molecule has 1 aliphatic carbocycles. The standard InChI is InChI=1S/C43H48F2N6O6/c1-5-29-31(44)11-10-26-19-28(52)20-30(33(26)29)36-35(45)37-34(39(47-36)54-4)38(50-15-8-14-43(22-50)21-46-41(53)57-43)49-40(48-37)55-23-42-12-6-9-32(42)51(16-7-13-42)27-17-24(2)56-25(3)18-27/h1,10-11,19-20,24-25,27,32,52H,6-9,12-18,21-23H2,2-4H3,(H,46,53). The third kappa shape index (κ3) is 6.52. The van der Waals surface area contributed by atoms with E-state index in [0.717, 1.165) is 51.5 Å². The Kier molecular flexibility index (Phi) is 9.51. The van der Waals surface area contributed by atoms with E-state index in [1.165, 1.54) is 31.4 Å². The highest BCUT2D eigenvalue weighted by Gasteiger charge is 2.51. The number of amides is 1. The minimum Gasteiger partial charge on any atom is -0.508 e. The smallest absolute Gasteiger partial charge is 0.407 e. The second-order valence-electron chi connectivity index (χ2n) is 16.7. The van der Waals surface area contributed by atoms with Crippen LogP contribution in [-0.2, 0) is 9.47 Å². The first-order valence-electron chi connectivity index (χ1n) is 20.1. The van der Waals surface area contributed by atoms with Gasteiger partial charge in [0.25, 0.3) is 0 Å². The fourth-order valence-electron chi connectivity index (χ4n) is 10.7. The average molecular weight is 783 g/mol. The molecule has 0 bridgehead atoms. The summed E-state index contributed by atoms with van der Waals surface area (Å²) in [4.78, 5) is 31.3. The van der Waals surface area contributed by atoms with Crippen molar-refractivity contribution in [1.29, 1.82) is 0 Å². The van der Waals surface area contributed by atoms with E-state index in [2.05, 4.69) is 35.0 Å². The summed E-state index contributed by atoms with van der Waals surface area (Å²) in [5, 5.41) is 14.4. The van der Waals surface area contributed by atoms with Crippen LogP contribution in [0.2, 0.25) is 0 Å². The highest BCUT2D eigenvalue weighted by Crippen LogP contribution is 2.50. The first-order valence-corrected chi connectivity index (χ1v) is 20.1. The molecule has 9 rings (SSSR count). The molecule has 1 saturated carbocycles. The van der Waals surface area contributed by atoms with Gasteiger partial charge in [-0.05, 0) is 95.3 Å². The average Bonchev–Trinajstić information content (AvgIpc) is 3.79. The van der Waals surface area contributed by atoms with E-state index in [1.54, 1.807) is 0 Å². The number of hydrogen-bond donors (Lipinski definition) is 2. The van der Waals surface area contributed by atoms with Crippen molar-refractivity contribution in [2.24, 2.45) is 5.41 Å². The Labute approximate surface area is 330 Å². The molecule has 300 valence electrons. The van der Waals surface area contributed by atoms with Crippen molar-refractivity contribution in [1.82, 2.24) is 25.2 Å². The van der Waals surface area contributed by atoms with Gasteiger partial charge in [-0.1, -0.05) is 18.4 Å². The normalized spacial score (nSPS) is 29.0. The molecule has 4 aromatic rings. The lowest BCUT2D eigenvalue weighted by molar-refractivity contribution is -0.0967. The van der Waals surface area contributed by atoms with Crippen LogP contribution < -0.4 is 19.7 Å². The number of pyridine rings is 1. The highest BCUT2D eigenvalue weighted by molar-refractivity contribution is 6.04. The molecule has 12 nitrogen and oxygen atoms in total. The molecular weight excluding hydrogens is 735 g/mol. The number of benzene rings is 2. The predicted molar refractivity (Wildman–Crippen MR) is 210 cm³/mol. The number of phenolic OH excluding ortho intramolecular Hbond substituents is 1. The summed E-state index contributed by atoms with van der Waals surface area (Å²) in [6.07, 6.45) is 14.2. The van der Waals surface area contributed by atoms with Crippen LogP contribution in [-0.4, -0.2) is 101 Å². The second-order valence-corrected chi connectivity index (χ2v) is 16.7. The highest BCUT2D eigenvalue weighted by atomic mass is 19.1. The maximum atomic E-state index is 17.5. The van der Waals surface area contributed by atoms with Crippen LogP contribution in [0.5, 0.6) is 17.6 Å². The molecule has 2 aromatic carbocycles. The molecule has 0 radical (unpaired) electrons. The molecular formula is C43H48F2N6O6. The van der Waals surface area contributed by atoms with Gasteiger partial charge >= 0.3 is 12.1 Å². The van der Waals surface area contributed by atoms with Crippen LogP contribution in [0.25, 0.3) is 32.9 Å². The summed E-state index contributed by atoms with van der Waals surface area (Å²) in [6.45, 7) is 6.86. The molecule has 5 unspecified atom stereocenters. The van der Waals surface area contributed by atoms with E-state index in [0.29, 0.717) is 55.8 Å². The lowest BCUT2D eigenvalue weighted by Gasteiger charge is -2.51. The van der Waals surface area contributed by atoms with Gasteiger partial charge < -0.3 is 34.3 Å². The number of halogens is 2. The van der Waals surface area contributed by atoms with Crippen LogP contribution in [0.15, 0.2) is 24.3 Å². The Morgan fingerprint density at radius 1 is 1.05 bits per heavy atom. The fraction of sp³-hybridized carbons (Fsp3) is 0.535. The fourth-order valence-corrected chi connectivity index (χ4v) is 10.7. The number of piperidine rings is 2. The number of anilines is 1. The number of terminal acetylenes is 1. The lowest BCUT2D eigenvalue weighted by Crippen LogP contribution is -2.57. The minimum atomic E-state index is -0.845. The molecule has 4 aliphatic heterocycles. The van der Waals surface area contributed by atoms with Crippen LogP contribution in [0, 0.1) is 29.4 Å². The largest absolute Gasteiger partial charge is 0.508 e. The molecule has 5 fully saturated rings. The van der Waals surface area contributed by atoms with Crippen molar-refractivity contribution in [3.63, 3.8) is 0 Å². The van der Waals surface area contributed by atoms with E-state index < -0.39 is 23.3 Å². The van der Waals surface area contributed by atoms with Gasteiger partial charge in [0, 0.05) is 35.0 Å². The molecule has 4 saturated heterocycles. The maximum Gasteiger partial charge on any atom is 0.407 e. The van der Waals surface area contributed by atoms with Gasteiger partial charge in [-0.3, -0.25) is 4.90 Å². The van der Waals surface area contributed by atoms with Gasteiger partial charge in [-0.15, -0.1) is 6.42 Å². The van der Waals surface area contributed by atoms with Crippen molar-refractivity contribution in [3.05, 3.63) is 41.5 Å². The van der Waals surface area contributed by atoms with Gasteiger partial charge in [-0.25, -0.2) is 18.6 Å². The van der Waals surface area contributed by atoms with Crippen molar-refractivity contribution >= 4 is 33.6 Å². The Bertz CT molecular complexity index is 2290. The summed E-state index contributed by atoms with van der Waals surface area (Å²) in [5.74, 6) is 1.04. The van der Waals surface area contributed by atoms with E-state index in [1.807, 2.05) is 4.90 Å². The summed E-state index contributed by atoms with van der Waals surface area (Å²) in [6, 6.07) is 6.19. The number of carbonyl (C=O) groups is 1. The SMILES string of the molecule is C#Cc1c(F)ccc2cc(O)cc(-c3nc(OC)c4c(N5CCCC6(CNC(=O)O6)C5)nc(OCC56CCCC5N(C5CC(C)OC(C)C5)CCC6)nc4c3F)c12. The van der Waals surface area contributed by atoms with Gasteiger partial charge in [0.1, 0.15) is 39.6 Å². The maximum absolute atomic E-state index is 17.5. The Morgan fingerprint density at radius 2 is 1.84 bits per heavy atom. The minimum absolute atomic E-state index is 0.00153. The summed E-state index contributed by atoms with van der Waals surface area (Å²) in [7, 11) is 1.42. The number of nitrogens with one attached hydrogen (secondary N) is 1. The van der Waals surface area contributed by atoms with E-state index >= 15 is 8.78 Å². The number of nitrogens with zero attached hydrogens (tertiary/aromatic N) is 5. The zero-order valence-electron chi connectivity index (χ0n) is 32.6. The Morgan fingerprint density at radius 3 is 2.60 bits per heavy atom. The number of rotatable bonds is 7. The summed E-state index contributed by atoms with van der Waals surface area (Å²) >= 11 is 0. The molecule has 2 aromatic heterocycles. The van der Waals surface area contributed by atoms with E-state index in [9.17, 15) is 9.90 Å². The van der Waals surface area contributed by atoms with E-state index in [-0.39, 0.29) is 74.9 Å². The first kappa shape index (κ1) is 37.6. The zero-order chi connectivity index (χ0) is 39.6. The molecule has 57 heavy (non-hydrogen) atoms. The third-order valence-electron chi connectivity index (χ3n) is 13.0. The summed E-state index contributed by atoms with van der Waals surface area (Å²) in [5.41, 5.74) is -1.31. The number of alkyl carbamates (subject to hydrolysis) is 1. The van der Waals surface area contributed by atoms with Gasteiger partial charge in [-0.2, -0.15) is 9.97 Å². The molecule has 14 heteroatoms. The Hall–Kier alpha value is -5.00. The van der Waals surface area contributed by atoms with Crippen molar-refractivity contribution in [2.45, 2.75) is 102 Å². The number of phenols is 1.